The van der Waals surface area contributed by atoms with Crippen LogP contribution in [0.3, 0.4) is 0 Å². The number of nitrogens with zero attached hydrogens (tertiary/aromatic N) is 2. The minimum atomic E-state index is -0.289. The summed E-state index contributed by atoms with van der Waals surface area (Å²) in [6, 6.07) is 6.46. The normalized spacial score (nSPS) is 10.9. The average Bonchev–Trinajstić information content (AvgIpc) is 2.67. The zero-order valence-electron chi connectivity index (χ0n) is 8.64. The summed E-state index contributed by atoms with van der Waals surface area (Å²) >= 11 is 1.46. The Labute approximate surface area is 96.7 Å². The molecule has 1 N–H and O–H groups in total. The number of thiazole rings is 1. The SMILES string of the molecule is Cc1csc(NN=Cc2ccccc2F)n1. The fourth-order valence-electron chi connectivity index (χ4n) is 1.14. The maximum absolute atomic E-state index is 13.2. The number of nitrogens with one attached hydrogen (secondary N) is 1. The number of anilines is 1. The van der Waals surface area contributed by atoms with Gasteiger partial charge in [0.05, 0.1) is 11.9 Å². The summed E-state index contributed by atoms with van der Waals surface area (Å²) in [5.74, 6) is -0.289. The van der Waals surface area contributed by atoms with Crippen molar-refractivity contribution >= 4 is 22.7 Å². The fourth-order valence-corrected chi connectivity index (χ4v) is 1.78. The molecule has 3 nitrogen and oxygen atoms in total. The lowest BCUT2D eigenvalue weighted by molar-refractivity contribution is 0.626. The topological polar surface area (TPSA) is 37.3 Å². The van der Waals surface area contributed by atoms with Gasteiger partial charge in [0.15, 0.2) is 0 Å². The van der Waals surface area contributed by atoms with Crippen LogP contribution < -0.4 is 5.43 Å². The smallest absolute Gasteiger partial charge is 0.203 e. The number of hydrazone groups is 1. The van der Waals surface area contributed by atoms with E-state index in [1.165, 1.54) is 23.6 Å². The molecule has 16 heavy (non-hydrogen) atoms. The lowest BCUT2D eigenvalue weighted by Crippen LogP contribution is -1.92. The molecule has 0 unspecified atom stereocenters. The number of hydrogen-bond donors (Lipinski definition) is 1. The van der Waals surface area contributed by atoms with Gasteiger partial charge < -0.3 is 0 Å². The highest BCUT2D eigenvalue weighted by atomic mass is 32.1. The third-order valence-corrected chi connectivity index (χ3v) is 2.75. The van der Waals surface area contributed by atoms with Gasteiger partial charge in [0, 0.05) is 10.9 Å². The zero-order valence-corrected chi connectivity index (χ0v) is 9.46. The molecule has 82 valence electrons. The van der Waals surface area contributed by atoms with E-state index in [2.05, 4.69) is 15.5 Å². The molecule has 2 rings (SSSR count). The predicted octanol–water partition coefficient (Wildman–Crippen LogP) is 3.04. The maximum atomic E-state index is 13.2. The molecule has 1 heterocycles. The summed E-state index contributed by atoms with van der Waals surface area (Å²) in [7, 11) is 0. The summed E-state index contributed by atoms with van der Waals surface area (Å²) in [6.45, 7) is 1.91. The van der Waals surface area contributed by atoms with E-state index in [1.54, 1.807) is 18.2 Å². The van der Waals surface area contributed by atoms with Crippen molar-refractivity contribution in [2.45, 2.75) is 6.92 Å². The number of hydrogen-bond acceptors (Lipinski definition) is 4. The first-order chi connectivity index (χ1) is 7.75. The van der Waals surface area contributed by atoms with Crippen molar-refractivity contribution in [3.63, 3.8) is 0 Å². The lowest BCUT2D eigenvalue weighted by Gasteiger charge is -1.95. The van der Waals surface area contributed by atoms with E-state index < -0.39 is 0 Å². The highest BCUT2D eigenvalue weighted by Gasteiger charge is 1.97. The van der Waals surface area contributed by atoms with Crippen molar-refractivity contribution in [2.24, 2.45) is 5.10 Å². The van der Waals surface area contributed by atoms with Crippen molar-refractivity contribution in [3.05, 3.63) is 46.7 Å². The zero-order chi connectivity index (χ0) is 11.4. The van der Waals surface area contributed by atoms with Crippen molar-refractivity contribution in [2.75, 3.05) is 5.43 Å². The molecular formula is C11H10FN3S. The molecule has 0 bridgehead atoms. The van der Waals surface area contributed by atoms with Crippen LogP contribution in [0.25, 0.3) is 0 Å². The Morgan fingerprint density at radius 2 is 2.25 bits per heavy atom. The molecule has 0 saturated carbocycles. The second-order valence-electron chi connectivity index (χ2n) is 3.19. The Bertz CT molecular complexity index is 507. The number of rotatable bonds is 3. The molecule has 0 radical (unpaired) electrons. The number of aromatic nitrogens is 1. The molecule has 0 fully saturated rings. The second-order valence-corrected chi connectivity index (χ2v) is 4.04. The number of benzene rings is 1. The summed E-state index contributed by atoms with van der Waals surface area (Å²) in [4.78, 5) is 4.16. The first-order valence-corrected chi connectivity index (χ1v) is 5.59. The average molecular weight is 235 g/mol. The number of halogens is 1. The molecule has 1 aromatic carbocycles. The molecule has 2 aromatic rings. The van der Waals surface area contributed by atoms with Crippen molar-refractivity contribution in [3.8, 4) is 0 Å². The molecule has 0 saturated heterocycles. The summed E-state index contributed by atoms with van der Waals surface area (Å²) in [5, 5.41) is 6.54. The minimum absolute atomic E-state index is 0.289. The maximum Gasteiger partial charge on any atom is 0.203 e. The Kier molecular flexibility index (Phi) is 3.26. The monoisotopic (exact) mass is 235 g/mol. The van der Waals surface area contributed by atoms with E-state index in [0.29, 0.717) is 10.7 Å². The molecule has 0 aliphatic rings. The van der Waals surface area contributed by atoms with Crippen LogP contribution in [0.5, 0.6) is 0 Å². The Balaban J connectivity index is 2.03. The van der Waals surface area contributed by atoms with Gasteiger partial charge in [0.1, 0.15) is 5.82 Å². The van der Waals surface area contributed by atoms with E-state index in [1.807, 2.05) is 12.3 Å². The van der Waals surface area contributed by atoms with Gasteiger partial charge >= 0.3 is 0 Å². The molecule has 0 aliphatic carbocycles. The van der Waals surface area contributed by atoms with E-state index in [-0.39, 0.29) is 5.82 Å². The Hall–Kier alpha value is -1.75. The molecule has 0 spiro atoms. The van der Waals surface area contributed by atoms with Gasteiger partial charge in [-0.25, -0.2) is 9.37 Å². The van der Waals surface area contributed by atoms with Crippen LogP contribution in [0, 0.1) is 12.7 Å². The van der Waals surface area contributed by atoms with E-state index >= 15 is 0 Å². The van der Waals surface area contributed by atoms with Crippen LogP contribution in [0.4, 0.5) is 9.52 Å². The number of aryl methyl sites for hydroxylation is 1. The Morgan fingerprint density at radius 3 is 2.94 bits per heavy atom. The largest absolute Gasteiger partial charge is 0.253 e. The minimum Gasteiger partial charge on any atom is -0.253 e. The van der Waals surface area contributed by atoms with Gasteiger partial charge in [-0.3, -0.25) is 5.43 Å². The third kappa shape index (κ3) is 2.64. The molecule has 1 aromatic heterocycles. The van der Waals surface area contributed by atoms with Crippen LogP contribution in [-0.2, 0) is 0 Å². The lowest BCUT2D eigenvalue weighted by atomic mass is 10.2. The van der Waals surface area contributed by atoms with Crippen LogP contribution in [-0.4, -0.2) is 11.2 Å². The summed E-state index contributed by atoms with van der Waals surface area (Å²) in [5.41, 5.74) is 4.14. The third-order valence-electron chi connectivity index (χ3n) is 1.89. The summed E-state index contributed by atoms with van der Waals surface area (Å²) in [6.07, 6.45) is 1.44. The summed E-state index contributed by atoms with van der Waals surface area (Å²) < 4.78 is 13.2. The van der Waals surface area contributed by atoms with Gasteiger partial charge in [0.2, 0.25) is 5.13 Å². The van der Waals surface area contributed by atoms with E-state index in [4.69, 9.17) is 0 Å². The quantitative estimate of drug-likeness (QED) is 0.656. The van der Waals surface area contributed by atoms with Crippen LogP contribution in [0.1, 0.15) is 11.3 Å². The van der Waals surface area contributed by atoms with Crippen molar-refractivity contribution in [1.82, 2.24) is 4.98 Å². The fraction of sp³-hybridized carbons (Fsp3) is 0.0909. The highest BCUT2D eigenvalue weighted by Crippen LogP contribution is 2.14. The Morgan fingerprint density at radius 1 is 1.44 bits per heavy atom. The van der Waals surface area contributed by atoms with Crippen LogP contribution >= 0.6 is 11.3 Å². The van der Waals surface area contributed by atoms with Gasteiger partial charge in [-0.1, -0.05) is 18.2 Å². The molecule has 0 amide bonds. The van der Waals surface area contributed by atoms with E-state index in [9.17, 15) is 4.39 Å². The first-order valence-electron chi connectivity index (χ1n) is 4.71. The van der Waals surface area contributed by atoms with Gasteiger partial charge in [-0.15, -0.1) is 11.3 Å². The standard InChI is InChI=1S/C11H10FN3S/c1-8-7-16-11(14-8)15-13-6-9-4-2-3-5-10(9)12/h2-7H,1H3,(H,14,15). The van der Waals surface area contributed by atoms with Crippen LogP contribution in [0.2, 0.25) is 0 Å². The van der Waals surface area contributed by atoms with Gasteiger partial charge in [-0.2, -0.15) is 5.10 Å². The second kappa shape index (κ2) is 4.85. The molecule has 0 atom stereocenters. The first kappa shape index (κ1) is 10.8. The van der Waals surface area contributed by atoms with Crippen LogP contribution in [0.15, 0.2) is 34.7 Å². The molecule has 5 heteroatoms. The van der Waals surface area contributed by atoms with Crippen molar-refractivity contribution in [1.29, 1.82) is 0 Å². The molecular weight excluding hydrogens is 225 g/mol. The predicted molar refractivity (Wildman–Crippen MR) is 64.5 cm³/mol. The van der Waals surface area contributed by atoms with Gasteiger partial charge in [-0.05, 0) is 13.0 Å². The van der Waals surface area contributed by atoms with Crippen molar-refractivity contribution < 1.29 is 4.39 Å². The highest BCUT2D eigenvalue weighted by molar-refractivity contribution is 7.13. The van der Waals surface area contributed by atoms with Gasteiger partial charge in [0.25, 0.3) is 0 Å². The molecule has 0 aliphatic heterocycles. The van der Waals surface area contributed by atoms with E-state index in [0.717, 1.165) is 5.69 Å².